The monoisotopic (exact) mass is 669 g/mol. The van der Waals surface area contributed by atoms with Crippen molar-refractivity contribution in [1.29, 1.82) is 0 Å². The third-order valence-corrected chi connectivity index (χ3v) is 11.1. The van der Waals surface area contributed by atoms with Crippen LogP contribution in [0.15, 0.2) is 192 Å². The molecule has 0 aliphatic heterocycles. The molecule has 0 amide bonds. The minimum Gasteiger partial charge on any atom is -0.456 e. The molecule has 8 aromatic carbocycles. The highest BCUT2D eigenvalue weighted by Crippen LogP contribution is 2.46. The number of nitrogens with zero attached hydrogens (tertiary/aromatic N) is 1. The zero-order chi connectivity index (χ0) is 33.7. The van der Waals surface area contributed by atoms with Crippen LogP contribution < -0.4 is 4.90 Å². The van der Waals surface area contributed by atoms with Crippen LogP contribution in [-0.2, 0) is 0 Å². The van der Waals surface area contributed by atoms with E-state index < -0.39 is 0 Å². The smallest absolute Gasteiger partial charge is 0.137 e. The summed E-state index contributed by atoms with van der Waals surface area (Å²) in [6, 6.07) is 67.4. The van der Waals surface area contributed by atoms with Crippen molar-refractivity contribution in [3.63, 3.8) is 0 Å². The van der Waals surface area contributed by atoms with Gasteiger partial charge in [-0.2, -0.15) is 0 Å². The summed E-state index contributed by atoms with van der Waals surface area (Å²) in [4.78, 5) is 2.37. The van der Waals surface area contributed by atoms with Gasteiger partial charge in [-0.05, 0) is 70.3 Å². The Labute approximate surface area is 300 Å². The summed E-state index contributed by atoms with van der Waals surface area (Å²) in [5.74, 6) is 0. The standard InChI is InChI=1S/C48H31NOS/c1-3-12-32(13-4-1)33-22-26-36(27-23-33)49(37-28-24-35(25-29-37)38-18-11-19-41-40-17-8-10-21-47(40)51-48(38)41)44-31-46-43(39-16-7-9-20-45(39)50-46)30-42(44)34-14-5-2-6-15-34/h1-31H. The SMILES string of the molecule is c1ccc(-c2ccc(N(c3ccc(-c4cccc5c4sc4ccccc45)cc3)c3cc4oc5ccccc5c4cc3-c3ccccc3)cc2)cc1. The molecule has 0 radical (unpaired) electrons. The summed E-state index contributed by atoms with van der Waals surface area (Å²) < 4.78 is 9.14. The van der Waals surface area contributed by atoms with Gasteiger partial charge in [0.15, 0.2) is 0 Å². The van der Waals surface area contributed by atoms with Crippen molar-refractivity contribution in [2.75, 3.05) is 4.90 Å². The second-order valence-corrected chi connectivity index (χ2v) is 14.0. The molecule has 3 heteroatoms. The van der Waals surface area contributed by atoms with Crippen LogP contribution in [0.4, 0.5) is 17.1 Å². The Morgan fingerprint density at radius 2 is 0.941 bits per heavy atom. The second kappa shape index (κ2) is 12.2. The molecule has 0 aliphatic carbocycles. The van der Waals surface area contributed by atoms with Gasteiger partial charge in [0, 0.05) is 53.9 Å². The van der Waals surface area contributed by atoms with E-state index >= 15 is 0 Å². The molecular weight excluding hydrogens is 639 g/mol. The number of hydrogen-bond acceptors (Lipinski definition) is 3. The molecule has 2 heterocycles. The van der Waals surface area contributed by atoms with Crippen LogP contribution in [0.25, 0.3) is 75.5 Å². The Morgan fingerprint density at radius 3 is 1.69 bits per heavy atom. The highest BCUT2D eigenvalue weighted by Gasteiger charge is 2.21. The lowest BCUT2D eigenvalue weighted by atomic mass is 9.98. The Morgan fingerprint density at radius 1 is 0.373 bits per heavy atom. The van der Waals surface area contributed by atoms with E-state index in [1.807, 2.05) is 23.5 Å². The normalized spacial score (nSPS) is 11.5. The molecule has 0 fully saturated rings. The van der Waals surface area contributed by atoms with Crippen LogP contribution in [0.5, 0.6) is 0 Å². The average Bonchev–Trinajstić information content (AvgIpc) is 3.77. The lowest BCUT2D eigenvalue weighted by Crippen LogP contribution is -2.11. The molecule has 10 aromatic rings. The molecule has 0 unspecified atom stereocenters. The quantitative estimate of drug-likeness (QED) is 0.175. The molecule has 0 aliphatic rings. The molecule has 0 saturated carbocycles. The summed E-state index contributed by atoms with van der Waals surface area (Å²) in [6.45, 7) is 0. The van der Waals surface area contributed by atoms with Gasteiger partial charge >= 0.3 is 0 Å². The Hall–Kier alpha value is -6.42. The van der Waals surface area contributed by atoms with Gasteiger partial charge in [-0.15, -0.1) is 11.3 Å². The zero-order valence-electron chi connectivity index (χ0n) is 27.7. The molecule has 2 aromatic heterocycles. The van der Waals surface area contributed by atoms with E-state index in [4.69, 9.17) is 4.42 Å². The highest BCUT2D eigenvalue weighted by molar-refractivity contribution is 7.26. The van der Waals surface area contributed by atoms with Gasteiger partial charge in [-0.3, -0.25) is 0 Å². The first kappa shape index (κ1) is 29.5. The predicted molar refractivity (Wildman–Crippen MR) is 218 cm³/mol. The third kappa shape index (κ3) is 5.10. The number of para-hydroxylation sites is 1. The van der Waals surface area contributed by atoms with Crippen LogP contribution in [0.2, 0.25) is 0 Å². The lowest BCUT2D eigenvalue weighted by Gasteiger charge is -2.28. The fourth-order valence-corrected chi connectivity index (χ4v) is 8.66. The second-order valence-electron chi connectivity index (χ2n) is 12.9. The van der Waals surface area contributed by atoms with Crippen LogP contribution in [0.1, 0.15) is 0 Å². The van der Waals surface area contributed by atoms with E-state index in [1.165, 1.54) is 42.4 Å². The van der Waals surface area contributed by atoms with Crippen molar-refractivity contribution in [2.24, 2.45) is 0 Å². The summed E-state index contributed by atoms with van der Waals surface area (Å²) in [5, 5.41) is 4.86. The molecule has 0 bridgehead atoms. The Kier molecular flexibility index (Phi) is 7.04. The molecule has 10 rings (SSSR count). The summed E-state index contributed by atoms with van der Waals surface area (Å²) in [7, 11) is 0. The van der Waals surface area contributed by atoms with E-state index in [0.717, 1.165) is 50.1 Å². The van der Waals surface area contributed by atoms with E-state index in [2.05, 4.69) is 181 Å². The van der Waals surface area contributed by atoms with Gasteiger partial charge in [0.25, 0.3) is 0 Å². The van der Waals surface area contributed by atoms with Gasteiger partial charge in [-0.25, -0.2) is 0 Å². The average molecular weight is 670 g/mol. The minimum atomic E-state index is 0.866. The first-order chi connectivity index (χ1) is 25.3. The molecule has 0 N–H and O–H groups in total. The number of anilines is 3. The molecule has 51 heavy (non-hydrogen) atoms. The van der Waals surface area contributed by atoms with Crippen molar-refractivity contribution in [2.45, 2.75) is 0 Å². The van der Waals surface area contributed by atoms with Gasteiger partial charge in [0.1, 0.15) is 11.2 Å². The fraction of sp³-hybridized carbons (Fsp3) is 0. The predicted octanol–water partition coefficient (Wildman–Crippen LogP) is 14.4. The summed E-state index contributed by atoms with van der Waals surface area (Å²) in [5.41, 5.74) is 12.1. The molecule has 2 nitrogen and oxygen atoms in total. The molecule has 0 atom stereocenters. The number of fused-ring (bicyclic) bond motifs is 6. The van der Waals surface area contributed by atoms with E-state index in [1.54, 1.807) is 0 Å². The Balaban J connectivity index is 1.17. The van der Waals surface area contributed by atoms with Gasteiger partial charge in [0.2, 0.25) is 0 Å². The van der Waals surface area contributed by atoms with E-state index in [-0.39, 0.29) is 0 Å². The molecular formula is C48H31NOS. The van der Waals surface area contributed by atoms with Crippen LogP contribution in [0.3, 0.4) is 0 Å². The van der Waals surface area contributed by atoms with Gasteiger partial charge in [-0.1, -0.05) is 140 Å². The van der Waals surface area contributed by atoms with Crippen LogP contribution in [0, 0.1) is 0 Å². The van der Waals surface area contributed by atoms with Crippen LogP contribution >= 0.6 is 11.3 Å². The Bertz CT molecular complexity index is 2830. The maximum Gasteiger partial charge on any atom is 0.137 e. The van der Waals surface area contributed by atoms with Crippen molar-refractivity contribution >= 4 is 70.5 Å². The largest absolute Gasteiger partial charge is 0.456 e. The number of hydrogen-bond donors (Lipinski definition) is 0. The minimum absolute atomic E-state index is 0.866. The number of benzene rings is 8. The first-order valence-electron chi connectivity index (χ1n) is 17.3. The number of thiophene rings is 1. The first-order valence-corrected chi connectivity index (χ1v) is 18.1. The zero-order valence-corrected chi connectivity index (χ0v) is 28.5. The van der Waals surface area contributed by atoms with Crippen molar-refractivity contribution in [1.82, 2.24) is 0 Å². The lowest BCUT2D eigenvalue weighted by molar-refractivity contribution is 0.669. The van der Waals surface area contributed by atoms with Crippen molar-refractivity contribution in [3.05, 3.63) is 188 Å². The van der Waals surface area contributed by atoms with Gasteiger partial charge in [0.05, 0.1) is 5.69 Å². The molecule has 0 spiro atoms. The maximum absolute atomic E-state index is 6.50. The number of furan rings is 1. The summed E-state index contributed by atoms with van der Waals surface area (Å²) in [6.07, 6.45) is 0. The van der Waals surface area contributed by atoms with Crippen molar-refractivity contribution < 1.29 is 4.42 Å². The van der Waals surface area contributed by atoms with Crippen LogP contribution in [-0.4, -0.2) is 0 Å². The van der Waals surface area contributed by atoms with E-state index in [9.17, 15) is 0 Å². The maximum atomic E-state index is 6.50. The highest BCUT2D eigenvalue weighted by atomic mass is 32.1. The van der Waals surface area contributed by atoms with Gasteiger partial charge < -0.3 is 9.32 Å². The van der Waals surface area contributed by atoms with E-state index in [0.29, 0.717) is 0 Å². The fourth-order valence-electron chi connectivity index (χ4n) is 7.42. The topological polar surface area (TPSA) is 16.4 Å². The van der Waals surface area contributed by atoms with Crippen molar-refractivity contribution in [3.8, 4) is 33.4 Å². The molecule has 0 saturated heterocycles. The molecule has 240 valence electrons. The third-order valence-electron chi connectivity index (χ3n) is 9.89. The number of rotatable bonds is 6. The summed E-state index contributed by atoms with van der Waals surface area (Å²) >= 11 is 1.87.